The molecule has 98 valence electrons. The molecule has 0 bridgehead atoms. The molecule has 4 nitrogen and oxygen atoms in total. The van der Waals surface area contributed by atoms with Crippen LogP contribution in [0.2, 0.25) is 0 Å². The normalized spacial score (nSPS) is 14.4. The topological polar surface area (TPSA) is 63.8 Å². The first kappa shape index (κ1) is 12.0. The minimum absolute atomic E-state index is 0.503. The molecule has 3 N–H and O–H groups in total. The van der Waals surface area contributed by atoms with E-state index in [4.69, 9.17) is 5.73 Å². The van der Waals surface area contributed by atoms with Crippen LogP contribution >= 0.6 is 0 Å². The van der Waals surface area contributed by atoms with Gasteiger partial charge < -0.3 is 11.1 Å². The lowest BCUT2D eigenvalue weighted by molar-refractivity contribution is 0.935. The van der Waals surface area contributed by atoms with E-state index in [0.717, 1.165) is 17.3 Å². The van der Waals surface area contributed by atoms with Gasteiger partial charge in [-0.25, -0.2) is 9.97 Å². The minimum Gasteiger partial charge on any atom is -0.384 e. The number of hydrogen-bond acceptors (Lipinski definition) is 4. The van der Waals surface area contributed by atoms with Crippen LogP contribution in [0.3, 0.4) is 0 Å². The maximum absolute atomic E-state index is 5.85. The van der Waals surface area contributed by atoms with Gasteiger partial charge >= 0.3 is 0 Å². The summed E-state index contributed by atoms with van der Waals surface area (Å²) in [5.74, 6) is 2.68. The second-order valence-electron chi connectivity index (χ2n) is 5.25. The quantitative estimate of drug-likeness (QED) is 0.882. The second kappa shape index (κ2) is 4.53. The highest BCUT2D eigenvalue weighted by Crippen LogP contribution is 2.38. The van der Waals surface area contributed by atoms with Crippen molar-refractivity contribution >= 4 is 17.3 Å². The van der Waals surface area contributed by atoms with Gasteiger partial charge in [0.15, 0.2) is 0 Å². The molecular weight excluding hydrogens is 236 g/mol. The summed E-state index contributed by atoms with van der Waals surface area (Å²) in [7, 11) is 0. The number of hydrogen-bond donors (Lipinski definition) is 2. The van der Waals surface area contributed by atoms with Crippen molar-refractivity contribution in [3.8, 4) is 0 Å². The number of nitrogens with two attached hydrogens (primary N) is 1. The van der Waals surface area contributed by atoms with Crippen LogP contribution in [0, 0.1) is 13.8 Å². The molecule has 0 atom stereocenters. The summed E-state index contributed by atoms with van der Waals surface area (Å²) in [6, 6.07) is 8.08. The summed E-state index contributed by atoms with van der Waals surface area (Å²) in [5, 5.41) is 3.33. The average Bonchev–Trinajstić information content (AvgIpc) is 3.16. The molecule has 0 amide bonds. The molecule has 3 rings (SSSR count). The lowest BCUT2D eigenvalue weighted by Crippen LogP contribution is -2.03. The van der Waals surface area contributed by atoms with E-state index in [1.54, 1.807) is 6.07 Å². The van der Waals surface area contributed by atoms with E-state index >= 15 is 0 Å². The van der Waals surface area contributed by atoms with Crippen molar-refractivity contribution in [2.75, 3.05) is 11.1 Å². The van der Waals surface area contributed by atoms with Gasteiger partial charge in [0.2, 0.25) is 0 Å². The molecule has 0 aliphatic heterocycles. The fraction of sp³-hybridized carbons (Fsp3) is 0.333. The molecule has 1 saturated carbocycles. The van der Waals surface area contributed by atoms with Crippen LogP contribution in [0.4, 0.5) is 17.3 Å². The lowest BCUT2D eigenvalue weighted by atomic mass is 10.1. The van der Waals surface area contributed by atoms with Gasteiger partial charge in [0.1, 0.15) is 17.5 Å². The van der Waals surface area contributed by atoms with E-state index in [1.807, 2.05) is 0 Å². The standard InChI is InChI=1S/C15H18N4/c1-9-3-6-12(10(2)7-9)17-14-8-13(16)18-15(19-14)11-4-5-11/h3,6-8,11H,4-5H2,1-2H3,(H3,16,17,18,19). The molecule has 0 radical (unpaired) electrons. The van der Waals surface area contributed by atoms with Crippen molar-refractivity contribution < 1.29 is 0 Å². The van der Waals surface area contributed by atoms with Crippen LogP contribution in [0.25, 0.3) is 0 Å². The van der Waals surface area contributed by atoms with Crippen molar-refractivity contribution in [3.05, 3.63) is 41.2 Å². The van der Waals surface area contributed by atoms with Crippen LogP contribution < -0.4 is 11.1 Å². The van der Waals surface area contributed by atoms with Crippen LogP contribution in [0.1, 0.15) is 35.7 Å². The second-order valence-corrected chi connectivity index (χ2v) is 5.25. The summed E-state index contributed by atoms with van der Waals surface area (Å²) in [5.41, 5.74) is 9.36. The van der Waals surface area contributed by atoms with Crippen molar-refractivity contribution in [2.24, 2.45) is 0 Å². The van der Waals surface area contributed by atoms with Crippen LogP contribution in [0.5, 0.6) is 0 Å². The van der Waals surface area contributed by atoms with Gasteiger partial charge in [0, 0.05) is 17.7 Å². The highest BCUT2D eigenvalue weighted by atomic mass is 15.1. The zero-order valence-electron chi connectivity index (χ0n) is 11.3. The van der Waals surface area contributed by atoms with Gasteiger partial charge in [-0.15, -0.1) is 0 Å². The molecule has 1 heterocycles. The monoisotopic (exact) mass is 254 g/mol. The molecule has 0 spiro atoms. The maximum Gasteiger partial charge on any atom is 0.136 e. The van der Waals surface area contributed by atoms with Gasteiger partial charge in [-0.1, -0.05) is 17.7 Å². The Labute approximate surface area is 113 Å². The summed E-state index contributed by atoms with van der Waals surface area (Å²) in [4.78, 5) is 8.85. The Kier molecular flexibility index (Phi) is 2.85. The number of aromatic nitrogens is 2. The first-order valence-corrected chi connectivity index (χ1v) is 6.60. The van der Waals surface area contributed by atoms with Gasteiger partial charge in [-0.2, -0.15) is 0 Å². The first-order chi connectivity index (χ1) is 9.11. The molecule has 1 aromatic carbocycles. The third kappa shape index (κ3) is 2.67. The molecule has 1 fully saturated rings. The zero-order chi connectivity index (χ0) is 13.4. The molecule has 1 aromatic heterocycles. The SMILES string of the molecule is Cc1ccc(Nc2cc(N)nc(C3CC3)n2)c(C)c1. The number of rotatable bonds is 3. The molecular formula is C15H18N4. The molecule has 1 aliphatic carbocycles. The number of benzene rings is 1. The summed E-state index contributed by atoms with van der Waals surface area (Å²) in [6.07, 6.45) is 2.35. The average molecular weight is 254 g/mol. The fourth-order valence-electron chi connectivity index (χ4n) is 2.17. The van der Waals surface area contributed by atoms with Crippen molar-refractivity contribution in [1.29, 1.82) is 0 Å². The van der Waals surface area contributed by atoms with Crippen LogP contribution in [-0.2, 0) is 0 Å². The molecule has 4 heteroatoms. The predicted octanol–water partition coefficient (Wildman–Crippen LogP) is 3.30. The Bertz CT molecular complexity index is 618. The van der Waals surface area contributed by atoms with Crippen molar-refractivity contribution in [1.82, 2.24) is 9.97 Å². The number of nitrogens with zero attached hydrogens (tertiary/aromatic N) is 2. The molecule has 19 heavy (non-hydrogen) atoms. The highest BCUT2D eigenvalue weighted by molar-refractivity contribution is 5.62. The van der Waals surface area contributed by atoms with E-state index < -0.39 is 0 Å². The predicted molar refractivity (Wildman–Crippen MR) is 77.6 cm³/mol. The van der Waals surface area contributed by atoms with E-state index in [2.05, 4.69) is 47.3 Å². The van der Waals surface area contributed by atoms with Crippen molar-refractivity contribution in [3.63, 3.8) is 0 Å². The van der Waals surface area contributed by atoms with Crippen LogP contribution in [-0.4, -0.2) is 9.97 Å². The highest BCUT2D eigenvalue weighted by Gasteiger charge is 2.27. The Morgan fingerprint density at radius 1 is 1.16 bits per heavy atom. The van der Waals surface area contributed by atoms with Gasteiger partial charge in [-0.05, 0) is 38.3 Å². The van der Waals surface area contributed by atoms with Gasteiger partial charge in [0.05, 0.1) is 0 Å². The molecule has 0 saturated heterocycles. The van der Waals surface area contributed by atoms with Crippen molar-refractivity contribution in [2.45, 2.75) is 32.6 Å². The molecule has 1 aliphatic rings. The van der Waals surface area contributed by atoms with E-state index in [1.165, 1.54) is 24.0 Å². The van der Waals surface area contributed by atoms with E-state index in [-0.39, 0.29) is 0 Å². The fourth-order valence-corrected chi connectivity index (χ4v) is 2.17. The maximum atomic E-state index is 5.85. The smallest absolute Gasteiger partial charge is 0.136 e. The Morgan fingerprint density at radius 2 is 1.95 bits per heavy atom. The summed E-state index contributed by atoms with van der Waals surface area (Å²) in [6.45, 7) is 4.17. The Balaban J connectivity index is 1.89. The Hall–Kier alpha value is -2.10. The van der Waals surface area contributed by atoms with E-state index in [0.29, 0.717) is 11.7 Å². The first-order valence-electron chi connectivity index (χ1n) is 6.60. The number of nitrogens with one attached hydrogen (secondary N) is 1. The molecule has 2 aromatic rings. The summed E-state index contributed by atoms with van der Waals surface area (Å²) < 4.78 is 0. The largest absolute Gasteiger partial charge is 0.384 e. The summed E-state index contributed by atoms with van der Waals surface area (Å²) >= 11 is 0. The number of anilines is 3. The van der Waals surface area contributed by atoms with Gasteiger partial charge in [0.25, 0.3) is 0 Å². The molecule has 0 unspecified atom stereocenters. The van der Waals surface area contributed by atoms with Gasteiger partial charge in [-0.3, -0.25) is 0 Å². The van der Waals surface area contributed by atoms with Crippen LogP contribution in [0.15, 0.2) is 24.3 Å². The third-order valence-electron chi connectivity index (χ3n) is 3.35. The zero-order valence-corrected chi connectivity index (χ0v) is 11.3. The van der Waals surface area contributed by atoms with E-state index in [9.17, 15) is 0 Å². The Morgan fingerprint density at radius 3 is 2.63 bits per heavy atom. The number of aryl methyl sites for hydroxylation is 2. The lowest BCUT2D eigenvalue weighted by Gasteiger charge is -2.11. The third-order valence-corrected chi connectivity index (χ3v) is 3.35. The minimum atomic E-state index is 0.503. The number of nitrogen functional groups attached to an aromatic ring is 1.